The van der Waals surface area contributed by atoms with Crippen LogP contribution < -0.4 is 10.5 Å². The van der Waals surface area contributed by atoms with Crippen molar-refractivity contribution >= 4 is 5.82 Å². The van der Waals surface area contributed by atoms with Gasteiger partial charge in [-0.25, -0.2) is 4.98 Å². The Bertz CT molecular complexity index is 494. The predicted molar refractivity (Wildman–Crippen MR) is 67.6 cm³/mol. The largest absolute Gasteiger partial charge is 0.491 e. The molecule has 88 valence electrons. The molecule has 0 unspecified atom stereocenters. The lowest BCUT2D eigenvalue weighted by Crippen LogP contribution is -2.05. The number of rotatable bonds is 3. The van der Waals surface area contributed by atoms with Gasteiger partial charge in [-0.2, -0.15) is 0 Å². The molecule has 17 heavy (non-hydrogen) atoms. The third kappa shape index (κ3) is 2.93. The fraction of sp³-hybridized carbons (Fsp3) is 0.231. The van der Waals surface area contributed by atoms with E-state index in [2.05, 4.69) is 9.97 Å². The fourth-order valence-electron chi connectivity index (χ4n) is 1.50. The quantitative estimate of drug-likeness (QED) is 0.878. The van der Waals surface area contributed by atoms with Gasteiger partial charge < -0.3 is 10.5 Å². The maximum atomic E-state index is 5.59. The van der Waals surface area contributed by atoms with Gasteiger partial charge in [0.05, 0.1) is 24.2 Å². The molecule has 2 N–H and O–H groups in total. The van der Waals surface area contributed by atoms with Gasteiger partial charge in [0, 0.05) is 5.56 Å². The molecule has 1 aromatic heterocycles. The summed E-state index contributed by atoms with van der Waals surface area (Å²) in [5, 5.41) is 0. The van der Waals surface area contributed by atoms with Crippen molar-refractivity contribution in [1.29, 1.82) is 0 Å². The van der Waals surface area contributed by atoms with E-state index in [1.807, 2.05) is 38.1 Å². The Hall–Kier alpha value is -2.10. The molecule has 1 heterocycles. The van der Waals surface area contributed by atoms with Crippen LogP contribution in [0.1, 0.15) is 13.8 Å². The molecule has 0 fully saturated rings. The minimum Gasteiger partial charge on any atom is -0.491 e. The van der Waals surface area contributed by atoms with Gasteiger partial charge in [0.2, 0.25) is 0 Å². The first-order valence-electron chi connectivity index (χ1n) is 5.50. The SMILES string of the molecule is CC(C)Oc1ccc(-c2cncc(N)n2)cc1. The van der Waals surface area contributed by atoms with Crippen LogP contribution in [0.4, 0.5) is 5.82 Å². The normalized spacial score (nSPS) is 10.5. The third-order valence-corrected chi connectivity index (χ3v) is 2.18. The molecule has 2 aromatic rings. The lowest BCUT2D eigenvalue weighted by Gasteiger charge is -2.09. The number of aromatic nitrogens is 2. The molecule has 0 atom stereocenters. The van der Waals surface area contributed by atoms with Crippen LogP contribution >= 0.6 is 0 Å². The zero-order valence-electron chi connectivity index (χ0n) is 9.92. The van der Waals surface area contributed by atoms with E-state index in [0.717, 1.165) is 17.0 Å². The molecule has 0 saturated heterocycles. The van der Waals surface area contributed by atoms with Crippen molar-refractivity contribution < 1.29 is 4.74 Å². The monoisotopic (exact) mass is 229 g/mol. The number of ether oxygens (including phenoxy) is 1. The minimum atomic E-state index is 0.174. The van der Waals surface area contributed by atoms with E-state index in [0.29, 0.717) is 5.82 Å². The van der Waals surface area contributed by atoms with Gasteiger partial charge in [-0.3, -0.25) is 4.98 Å². The summed E-state index contributed by atoms with van der Waals surface area (Å²) in [4.78, 5) is 8.22. The highest BCUT2D eigenvalue weighted by molar-refractivity contribution is 5.60. The molecule has 4 heteroatoms. The highest BCUT2D eigenvalue weighted by Gasteiger charge is 2.02. The van der Waals surface area contributed by atoms with Crippen molar-refractivity contribution in [2.75, 3.05) is 5.73 Å². The maximum Gasteiger partial charge on any atom is 0.142 e. The van der Waals surface area contributed by atoms with E-state index in [-0.39, 0.29) is 6.10 Å². The average molecular weight is 229 g/mol. The topological polar surface area (TPSA) is 61.0 Å². The second-order valence-corrected chi connectivity index (χ2v) is 4.02. The molecule has 0 bridgehead atoms. The summed E-state index contributed by atoms with van der Waals surface area (Å²) in [5.74, 6) is 1.27. The van der Waals surface area contributed by atoms with Crippen LogP contribution in [-0.4, -0.2) is 16.1 Å². The van der Waals surface area contributed by atoms with Gasteiger partial charge in [-0.15, -0.1) is 0 Å². The number of benzene rings is 1. The van der Waals surface area contributed by atoms with Crippen LogP contribution in [0.3, 0.4) is 0 Å². The molecule has 4 nitrogen and oxygen atoms in total. The van der Waals surface area contributed by atoms with Crippen molar-refractivity contribution in [2.24, 2.45) is 0 Å². The van der Waals surface area contributed by atoms with E-state index in [1.165, 1.54) is 6.20 Å². The number of nitrogens with zero attached hydrogens (tertiary/aromatic N) is 2. The van der Waals surface area contributed by atoms with Crippen molar-refractivity contribution in [3.05, 3.63) is 36.7 Å². The van der Waals surface area contributed by atoms with Gasteiger partial charge in [0.1, 0.15) is 11.6 Å². The fourth-order valence-corrected chi connectivity index (χ4v) is 1.50. The van der Waals surface area contributed by atoms with Crippen LogP contribution in [0.2, 0.25) is 0 Å². The lowest BCUT2D eigenvalue weighted by atomic mass is 10.1. The first kappa shape index (κ1) is 11.4. The molecule has 0 aliphatic rings. The van der Waals surface area contributed by atoms with E-state index in [4.69, 9.17) is 10.5 Å². The van der Waals surface area contributed by atoms with Crippen LogP contribution in [0.25, 0.3) is 11.3 Å². The van der Waals surface area contributed by atoms with Crippen molar-refractivity contribution in [2.45, 2.75) is 20.0 Å². The van der Waals surface area contributed by atoms with Crippen LogP contribution in [0.15, 0.2) is 36.7 Å². The number of nitrogen functional groups attached to an aromatic ring is 1. The summed E-state index contributed by atoms with van der Waals surface area (Å²) >= 11 is 0. The van der Waals surface area contributed by atoms with E-state index in [1.54, 1.807) is 6.20 Å². The van der Waals surface area contributed by atoms with Crippen LogP contribution in [0.5, 0.6) is 5.75 Å². The van der Waals surface area contributed by atoms with Crippen LogP contribution in [0, 0.1) is 0 Å². The third-order valence-electron chi connectivity index (χ3n) is 2.18. The molecule has 0 saturated carbocycles. The first-order valence-corrected chi connectivity index (χ1v) is 5.50. The second-order valence-electron chi connectivity index (χ2n) is 4.02. The summed E-state index contributed by atoms with van der Waals surface area (Å²) in [6.07, 6.45) is 3.39. The molecular weight excluding hydrogens is 214 g/mol. The van der Waals surface area contributed by atoms with Gasteiger partial charge >= 0.3 is 0 Å². The number of anilines is 1. The number of nitrogens with two attached hydrogens (primary N) is 1. The van der Waals surface area contributed by atoms with Gasteiger partial charge in [0.15, 0.2) is 0 Å². The zero-order valence-corrected chi connectivity index (χ0v) is 9.92. The Morgan fingerprint density at radius 1 is 1.12 bits per heavy atom. The molecule has 1 aromatic carbocycles. The summed E-state index contributed by atoms with van der Waals surface area (Å²) in [6, 6.07) is 7.72. The van der Waals surface area contributed by atoms with Crippen LogP contribution in [-0.2, 0) is 0 Å². The highest BCUT2D eigenvalue weighted by atomic mass is 16.5. The molecule has 0 aliphatic carbocycles. The number of hydrogen-bond donors (Lipinski definition) is 1. The van der Waals surface area contributed by atoms with Gasteiger partial charge in [-0.05, 0) is 38.1 Å². The van der Waals surface area contributed by atoms with Gasteiger partial charge in [-0.1, -0.05) is 0 Å². The number of hydrogen-bond acceptors (Lipinski definition) is 4. The zero-order chi connectivity index (χ0) is 12.3. The predicted octanol–water partition coefficient (Wildman–Crippen LogP) is 2.51. The van der Waals surface area contributed by atoms with Crippen molar-refractivity contribution in [3.8, 4) is 17.0 Å². The van der Waals surface area contributed by atoms with Gasteiger partial charge in [0.25, 0.3) is 0 Å². The Morgan fingerprint density at radius 3 is 2.41 bits per heavy atom. The molecular formula is C13H15N3O. The molecule has 0 aliphatic heterocycles. The Kier molecular flexibility index (Phi) is 3.23. The lowest BCUT2D eigenvalue weighted by molar-refractivity contribution is 0.242. The second kappa shape index (κ2) is 4.82. The van der Waals surface area contributed by atoms with E-state index in [9.17, 15) is 0 Å². The van der Waals surface area contributed by atoms with Crippen molar-refractivity contribution in [1.82, 2.24) is 9.97 Å². The smallest absolute Gasteiger partial charge is 0.142 e. The Balaban J connectivity index is 2.23. The first-order chi connectivity index (χ1) is 8.15. The van der Waals surface area contributed by atoms with Crippen molar-refractivity contribution in [3.63, 3.8) is 0 Å². The Labute approximate surface area is 100 Å². The van der Waals surface area contributed by atoms with E-state index < -0.39 is 0 Å². The minimum absolute atomic E-state index is 0.174. The summed E-state index contributed by atoms with van der Waals surface area (Å²) in [5.41, 5.74) is 7.33. The molecule has 2 rings (SSSR count). The average Bonchev–Trinajstić information content (AvgIpc) is 2.29. The summed E-state index contributed by atoms with van der Waals surface area (Å²) in [6.45, 7) is 3.99. The standard InChI is InChI=1S/C13H15N3O/c1-9(2)17-11-5-3-10(4-6-11)12-7-15-8-13(14)16-12/h3-9H,1-2H3,(H2,14,16). The molecule has 0 spiro atoms. The Morgan fingerprint density at radius 2 is 1.82 bits per heavy atom. The highest BCUT2D eigenvalue weighted by Crippen LogP contribution is 2.21. The van der Waals surface area contributed by atoms with E-state index >= 15 is 0 Å². The molecule has 0 amide bonds. The summed E-state index contributed by atoms with van der Waals surface area (Å²) in [7, 11) is 0. The summed E-state index contributed by atoms with van der Waals surface area (Å²) < 4.78 is 5.57. The maximum absolute atomic E-state index is 5.59. The molecule has 0 radical (unpaired) electrons.